The van der Waals surface area contributed by atoms with Crippen molar-refractivity contribution in [3.05, 3.63) is 90.0 Å². The van der Waals surface area contributed by atoms with E-state index in [0.29, 0.717) is 17.7 Å². The van der Waals surface area contributed by atoms with Gasteiger partial charge < -0.3 is 9.47 Å². The van der Waals surface area contributed by atoms with E-state index in [2.05, 4.69) is 6.58 Å². The number of allylic oxidation sites excluding steroid dienone is 4. The summed E-state index contributed by atoms with van der Waals surface area (Å²) in [5.74, 6) is -0.249. The van der Waals surface area contributed by atoms with Gasteiger partial charge in [0.2, 0.25) is 0 Å². The molecule has 0 amide bonds. The molecule has 1 fully saturated rings. The summed E-state index contributed by atoms with van der Waals surface area (Å²) in [5, 5.41) is 0. The van der Waals surface area contributed by atoms with Crippen LogP contribution in [-0.4, -0.2) is 32.2 Å². The van der Waals surface area contributed by atoms with E-state index < -0.39 is 12.3 Å². The highest BCUT2D eigenvalue weighted by atomic mass is 19.2. The third-order valence-electron chi connectivity index (χ3n) is 6.05. The van der Waals surface area contributed by atoms with Crippen LogP contribution in [0.1, 0.15) is 29.9 Å². The fraction of sp³-hybridized carbons (Fsp3) is 0.308. The van der Waals surface area contributed by atoms with E-state index in [1.807, 2.05) is 12.1 Å². The lowest BCUT2D eigenvalue weighted by Crippen LogP contribution is -2.24. The fourth-order valence-corrected chi connectivity index (χ4v) is 4.19. The summed E-state index contributed by atoms with van der Waals surface area (Å²) in [7, 11) is 1.32. The number of halogens is 3. The van der Waals surface area contributed by atoms with Crippen molar-refractivity contribution in [1.82, 2.24) is 0 Å². The van der Waals surface area contributed by atoms with Crippen molar-refractivity contribution in [3.8, 4) is 11.1 Å². The summed E-state index contributed by atoms with van der Waals surface area (Å²) in [4.78, 5) is 0. The zero-order valence-corrected chi connectivity index (χ0v) is 17.4. The summed E-state index contributed by atoms with van der Waals surface area (Å²) < 4.78 is 54.0. The monoisotopic (exact) mass is 426 g/mol. The van der Waals surface area contributed by atoms with Crippen LogP contribution in [0, 0.1) is 5.82 Å². The Hall–Kier alpha value is -2.79. The molecule has 5 heteroatoms. The summed E-state index contributed by atoms with van der Waals surface area (Å²) in [5.41, 5.74) is 3.03. The standard InChI is InChI=1S/C26H25F3O2/c1-3-20-10-8-19(15-31-20)21-11-9-18(14-23(21)27)16-4-6-17(7-5-16)22-12-13-24(30-2)26(29)25(22)28/h3-7,9,11-14,19-20,25-26H,1,8,10,15H2,2H3. The lowest BCUT2D eigenvalue weighted by atomic mass is 9.89. The normalized spacial score (nSPS) is 26.1. The molecule has 162 valence electrons. The van der Waals surface area contributed by atoms with Crippen LogP contribution in [0.3, 0.4) is 0 Å². The highest BCUT2D eigenvalue weighted by Crippen LogP contribution is 2.35. The minimum Gasteiger partial charge on any atom is -0.498 e. The van der Waals surface area contributed by atoms with Crippen molar-refractivity contribution in [3.63, 3.8) is 0 Å². The Kier molecular flexibility index (Phi) is 6.33. The molecule has 4 rings (SSSR count). The van der Waals surface area contributed by atoms with Crippen LogP contribution in [0.4, 0.5) is 13.2 Å². The number of rotatable bonds is 5. The van der Waals surface area contributed by atoms with Crippen molar-refractivity contribution in [1.29, 1.82) is 0 Å². The van der Waals surface area contributed by atoms with Gasteiger partial charge in [-0.15, -0.1) is 6.58 Å². The maximum atomic E-state index is 14.8. The van der Waals surface area contributed by atoms with Crippen molar-refractivity contribution < 1.29 is 22.6 Å². The van der Waals surface area contributed by atoms with Gasteiger partial charge in [-0.05, 0) is 52.8 Å². The smallest absolute Gasteiger partial charge is 0.192 e. The van der Waals surface area contributed by atoms with Gasteiger partial charge in [0.25, 0.3) is 0 Å². The van der Waals surface area contributed by atoms with E-state index in [4.69, 9.17) is 9.47 Å². The quantitative estimate of drug-likeness (QED) is 0.505. The number of alkyl halides is 2. The first kappa shape index (κ1) is 21.4. The molecule has 0 radical (unpaired) electrons. The van der Waals surface area contributed by atoms with Gasteiger partial charge in [-0.2, -0.15) is 0 Å². The van der Waals surface area contributed by atoms with Crippen molar-refractivity contribution in [2.45, 2.75) is 37.2 Å². The summed E-state index contributed by atoms with van der Waals surface area (Å²) in [6, 6.07) is 12.2. The van der Waals surface area contributed by atoms with E-state index >= 15 is 0 Å². The minimum atomic E-state index is -1.82. The molecule has 2 aliphatic rings. The average molecular weight is 426 g/mol. The van der Waals surface area contributed by atoms with Crippen LogP contribution in [0.15, 0.2) is 73.0 Å². The third-order valence-corrected chi connectivity index (χ3v) is 6.05. The first-order valence-corrected chi connectivity index (χ1v) is 10.4. The van der Waals surface area contributed by atoms with Gasteiger partial charge in [0.05, 0.1) is 19.8 Å². The van der Waals surface area contributed by atoms with Gasteiger partial charge >= 0.3 is 0 Å². The molecule has 1 saturated heterocycles. The molecule has 0 aromatic heterocycles. The van der Waals surface area contributed by atoms with E-state index in [1.165, 1.54) is 25.3 Å². The van der Waals surface area contributed by atoms with Crippen LogP contribution in [0.2, 0.25) is 0 Å². The van der Waals surface area contributed by atoms with E-state index in [-0.39, 0.29) is 29.2 Å². The van der Waals surface area contributed by atoms with Crippen molar-refractivity contribution in [2.75, 3.05) is 13.7 Å². The number of hydrogen-bond acceptors (Lipinski definition) is 2. The van der Waals surface area contributed by atoms with Crippen molar-refractivity contribution in [2.24, 2.45) is 0 Å². The molecule has 1 aliphatic heterocycles. The van der Waals surface area contributed by atoms with Gasteiger partial charge in [-0.1, -0.05) is 48.6 Å². The second kappa shape index (κ2) is 9.15. The molecule has 31 heavy (non-hydrogen) atoms. The van der Waals surface area contributed by atoms with Gasteiger partial charge in [-0.25, -0.2) is 13.2 Å². The maximum absolute atomic E-state index is 14.8. The summed E-state index contributed by atoms with van der Waals surface area (Å²) in [6.07, 6.45) is 2.89. The molecule has 0 N–H and O–H groups in total. The first-order chi connectivity index (χ1) is 15.0. The Morgan fingerprint density at radius 1 is 0.968 bits per heavy atom. The number of hydrogen-bond donors (Lipinski definition) is 0. The topological polar surface area (TPSA) is 18.5 Å². The number of benzene rings is 2. The van der Waals surface area contributed by atoms with Crippen LogP contribution in [0.25, 0.3) is 16.7 Å². The summed E-state index contributed by atoms with van der Waals surface area (Å²) >= 11 is 0. The Balaban J connectivity index is 1.52. The average Bonchev–Trinajstić information content (AvgIpc) is 2.81. The number of ether oxygens (including phenoxy) is 2. The predicted molar refractivity (Wildman–Crippen MR) is 117 cm³/mol. The lowest BCUT2D eigenvalue weighted by Gasteiger charge is -2.27. The zero-order chi connectivity index (χ0) is 22.0. The molecule has 0 bridgehead atoms. The third kappa shape index (κ3) is 4.33. The zero-order valence-electron chi connectivity index (χ0n) is 17.4. The van der Waals surface area contributed by atoms with Crippen LogP contribution < -0.4 is 0 Å². The summed E-state index contributed by atoms with van der Waals surface area (Å²) in [6.45, 7) is 4.23. The molecule has 2 nitrogen and oxygen atoms in total. The molecule has 4 atom stereocenters. The molecule has 2 aromatic carbocycles. The highest BCUT2D eigenvalue weighted by Gasteiger charge is 2.32. The molecule has 0 saturated carbocycles. The number of methoxy groups -OCH3 is 1. The Morgan fingerprint density at radius 2 is 1.68 bits per heavy atom. The second-order valence-corrected chi connectivity index (χ2v) is 7.89. The molecule has 4 unspecified atom stereocenters. The van der Waals surface area contributed by atoms with E-state index in [1.54, 1.807) is 30.3 Å². The molecule has 2 aromatic rings. The maximum Gasteiger partial charge on any atom is 0.192 e. The molecule has 0 spiro atoms. The van der Waals surface area contributed by atoms with Crippen LogP contribution in [-0.2, 0) is 9.47 Å². The fourth-order valence-electron chi connectivity index (χ4n) is 4.19. The van der Waals surface area contributed by atoms with Gasteiger partial charge in [-0.3, -0.25) is 0 Å². The van der Waals surface area contributed by atoms with Gasteiger partial charge in [0, 0.05) is 5.92 Å². The van der Waals surface area contributed by atoms with E-state index in [9.17, 15) is 13.2 Å². The van der Waals surface area contributed by atoms with Crippen LogP contribution in [0.5, 0.6) is 0 Å². The highest BCUT2D eigenvalue weighted by molar-refractivity contribution is 5.75. The largest absolute Gasteiger partial charge is 0.498 e. The Bertz CT molecular complexity index is 1000. The molecular weight excluding hydrogens is 401 g/mol. The SMILES string of the molecule is C=CC1CCC(c2ccc(-c3ccc(C4=CC=C(OC)C(F)C4F)cc3)cc2F)CO1. The first-order valence-electron chi connectivity index (χ1n) is 10.4. The molecule has 1 heterocycles. The molecular formula is C26H25F3O2. The minimum absolute atomic E-state index is 0.0215. The van der Waals surface area contributed by atoms with Gasteiger partial charge in [0.15, 0.2) is 12.3 Å². The van der Waals surface area contributed by atoms with Crippen LogP contribution >= 0.6 is 0 Å². The van der Waals surface area contributed by atoms with Gasteiger partial charge in [0.1, 0.15) is 11.6 Å². The van der Waals surface area contributed by atoms with Crippen molar-refractivity contribution >= 4 is 5.57 Å². The lowest BCUT2D eigenvalue weighted by molar-refractivity contribution is 0.0321. The second-order valence-electron chi connectivity index (χ2n) is 7.89. The Labute approximate surface area is 180 Å². The van der Waals surface area contributed by atoms with E-state index in [0.717, 1.165) is 24.0 Å². The Morgan fingerprint density at radius 3 is 2.29 bits per heavy atom. The molecule has 1 aliphatic carbocycles. The predicted octanol–water partition coefficient (Wildman–Crippen LogP) is 6.54.